The van der Waals surface area contributed by atoms with E-state index >= 15 is 0 Å². The molecule has 0 aliphatic heterocycles. The molecule has 2 aromatic heterocycles. The highest BCUT2D eigenvalue weighted by atomic mass is 35.5. The Morgan fingerprint density at radius 1 is 0.957 bits per heavy atom. The minimum atomic E-state index is 0.458. The van der Waals surface area contributed by atoms with Gasteiger partial charge in [0.2, 0.25) is 0 Å². The first-order valence-corrected chi connectivity index (χ1v) is 8.45. The summed E-state index contributed by atoms with van der Waals surface area (Å²) in [6.45, 7) is 0.848. The van der Waals surface area contributed by atoms with E-state index in [-0.39, 0.29) is 0 Å². The van der Waals surface area contributed by atoms with E-state index in [0.29, 0.717) is 20.8 Å². The molecule has 0 spiro atoms. The van der Waals surface area contributed by atoms with E-state index in [2.05, 4.69) is 20.3 Å². The molecule has 0 bridgehead atoms. The Kier molecular flexibility index (Phi) is 5.26. The molecular weight excluding hydrogens is 355 g/mol. The lowest BCUT2D eigenvalue weighted by molar-refractivity contribution is 0.739. The number of H-pyrrole nitrogens is 1. The molecular formula is C16H15Cl3N4. The number of nitrogens with one attached hydrogen (secondary N) is 2. The Morgan fingerprint density at radius 3 is 2.52 bits per heavy atom. The zero-order chi connectivity index (χ0) is 16.2. The summed E-state index contributed by atoms with van der Waals surface area (Å²) in [6, 6.07) is 9.10. The van der Waals surface area contributed by atoms with E-state index in [1.54, 1.807) is 12.1 Å². The summed E-state index contributed by atoms with van der Waals surface area (Å²) in [6.07, 6.45) is 2.89. The molecule has 23 heavy (non-hydrogen) atoms. The van der Waals surface area contributed by atoms with Crippen molar-refractivity contribution in [1.29, 1.82) is 0 Å². The SMILES string of the molecule is Clc1cc(Cl)cc(NCCCCc2nc3nc(Cl)ccc3[nH]2)c1. The molecule has 0 fully saturated rings. The van der Waals surface area contributed by atoms with Crippen molar-refractivity contribution < 1.29 is 0 Å². The molecule has 0 saturated heterocycles. The van der Waals surface area contributed by atoms with Gasteiger partial charge in [-0.15, -0.1) is 0 Å². The molecule has 0 amide bonds. The minimum Gasteiger partial charge on any atom is -0.385 e. The molecule has 0 atom stereocenters. The molecule has 2 heterocycles. The molecule has 3 aromatic rings. The molecule has 0 aliphatic rings. The van der Waals surface area contributed by atoms with Crippen molar-refractivity contribution in [2.75, 3.05) is 11.9 Å². The second-order valence-corrected chi connectivity index (χ2v) is 6.49. The first-order valence-electron chi connectivity index (χ1n) is 7.31. The summed E-state index contributed by atoms with van der Waals surface area (Å²) in [7, 11) is 0. The van der Waals surface area contributed by atoms with Gasteiger partial charge in [0.05, 0.1) is 5.52 Å². The number of imidazole rings is 1. The van der Waals surface area contributed by atoms with E-state index in [9.17, 15) is 0 Å². The zero-order valence-electron chi connectivity index (χ0n) is 12.2. The third-order valence-corrected chi connectivity index (χ3v) is 4.04. The predicted molar refractivity (Wildman–Crippen MR) is 96.8 cm³/mol. The number of hydrogen-bond acceptors (Lipinski definition) is 3. The van der Waals surface area contributed by atoms with Crippen LogP contribution in [0.15, 0.2) is 30.3 Å². The van der Waals surface area contributed by atoms with Crippen LogP contribution in [0.25, 0.3) is 11.2 Å². The van der Waals surface area contributed by atoms with Crippen LogP contribution >= 0.6 is 34.8 Å². The summed E-state index contributed by atoms with van der Waals surface area (Å²) in [5, 5.41) is 5.04. The topological polar surface area (TPSA) is 53.6 Å². The number of rotatable bonds is 6. The van der Waals surface area contributed by atoms with Gasteiger partial charge in [-0.1, -0.05) is 34.8 Å². The Labute approximate surface area is 149 Å². The maximum Gasteiger partial charge on any atom is 0.179 e. The normalized spacial score (nSPS) is 11.1. The fourth-order valence-electron chi connectivity index (χ4n) is 2.34. The van der Waals surface area contributed by atoms with Gasteiger partial charge < -0.3 is 10.3 Å². The van der Waals surface area contributed by atoms with E-state index < -0.39 is 0 Å². The lowest BCUT2D eigenvalue weighted by atomic mass is 10.2. The monoisotopic (exact) mass is 368 g/mol. The largest absolute Gasteiger partial charge is 0.385 e. The fourth-order valence-corrected chi connectivity index (χ4v) is 3.01. The Balaban J connectivity index is 1.47. The van der Waals surface area contributed by atoms with Gasteiger partial charge >= 0.3 is 0 Å². The van der Waals surface area contributed by atoms with Gasteiger partial charge in [0.1, 0.15) is 11.0 Å². The quantitative estimate of drug-likeness (QED) is 0.454. The van der Waals surface area contributed by atoms with Gasteiger partial charge in [-0.25, -0.2) is 9.97 Å². The summed E-state index contributed by atoms with van der Waals surface area (Å²) in [4.78, 5) is 11.9. The number of halogens is 3. The van der Waals surface area contributed by atoms with Crippen LogP contribution in [-0.4, -0.2) is 21.5 Å². The lowest BCUT2D eigenvalue weighted by Gasteiger charge is -2.07. The van der Waals surface area contributed by atoms with Gasteiger partial charge in [0.25, 0.3) is 0 Å². The van der Waals surface area contributed by atoms with E-state index in [0.717, 1.165) is 42.8 Å². The van der Waals surface area contributed by atoms with E-state index in [1.807, 2.05) is 18.2 Å². The summed E-state index contributed by atoms with van der Waals surface area (Å²) in [5.41, 5.74) is 2.51. The fraction of sp³-hybridized carbons (Fsp3) is 0.250. The minimum absolute atomic E-state index is 0.458. The summed E-state index contributed by atoms with van der Waals surface area (Å²) < 4.78 is 0. The van der Waals surface area contributed by atoms with Gasteiger partial charge in [-0.2, -0.15) is 0 Å². The molecule has 4 nitrogen and oxygen atoms in total. The molecule has 0 aliphatic carbocycles. The van der Waals surface area contributed by atoms with Crippen LogP contribution in [0.5, 0.6) is 0 Å². The highest BCUT2D eigenvalue weighted by Gasteiger charge is 2.04. The first kappa shape index (κ1) is 16.4. The standard InChI is InChI=1S/C16H15Cl3N4/c17-10-7-11(18)9-12(8-10)20-6-2-1-3-15-21-13-4-5-14(19)22-16(13)23-15/h4-5,7-9,20H,1-3,6H2,(H,21,22,23). The maximum absolute atomic E-state index is 5.97. The highest BCUT2D eigenvalue weighted by molar-refractivity contribution is 6.35. The Bertz CT molecular complexity index is 796. The van der Waals surface area contributed by atoms with Gasteiger partial charge in [-0.3, -0.25) is 0 Å². The highest BCUT2D eigenvalue weighted by Crippen LogP contribution is 2.22. The van der Waals surface area contributed by atoms with Crippen LogP contribution in [0, 0.1) is 0 Å². The van der Waals surface area contributed by atoms with Crippen molar-refractivity contribution in [3.8, 4) is 0 Å². The van der Waals surface area contributed by atoms with Gasteiger partial charge in [0, 0.05) is 28.7 Å². The molecule has 7 heteroatoms. The number of aromatic nitrogens is 3. The lowest BCUT2D eigenvalue weighted by Crippen LogP contribution is -2.02. The number of aromatic amines is 1. The predicted octanol–water partition coefficient (Wildman–Crippen LogP) is 5.35. The number of nitrogens with zero attached hydrogens (tertiary/aromatic N) is 2. The summed E-state index contributed by atoms with van der Waals surface area (Å²) >= 11 is 17.8. The molecule has 3 rings (SSSR count). The van der Waals surface area contributed by atoms with Crippen molar-refractivity contribution in [2.45, 2.75) is 19.3 Å². The molecule has 0 unspecified atom stereocenters. The van der Waals surface area contributed by atoms with Crippen LogP contribution in [0.2, 0.25) is 15.2 Å². The van der Waals surface area contributed by atoms with Gasteiger partial charge in [0.15, 0.2) is 5.65 Å². The zero-order valence-corrected chi connectivity index (χ0v) is 14.5. The van der Waals surface area contributed by atoms with Crippen molar-refractivity contribution in [3.63, 3.8) is 0 Å². The molecule has 0 radical (unpaired) electrons. The van der Waals surface area contributed by atoms with Crippen LogP contribution < -0.4 is 5.32 Å². The number of unbranched alkanes of at least 4 members (excludes halogenated alkanes) is 1. The number of hydrogen-bond donors (Lipinski definition) is 2. The Morgan fingerprint density at radius 2 is 1.74 bits per heavy atom. The van der Waals surface area contributed by atoms with Crippen LogP contribution in [0.1, 0.15) is 18.7 Å². The van der Waals surface area contributed by atoms with Crippen molar-refractivity contribution in [2.24, 2.45) is 0 Å². The average molecular weight is 370 g/mol. The average Bonchev–Trinajstić information content (AvgIpc) is 2.87. The van der Waals surface area contributed by atoms with Crippen molar-refractivity contribution >= 4 is 51.7 Å². The number of pyridine rings is 1. The van der Waals surface area contributed by atoms with Gasteiger partial charge in [-0.05, 0) is 43.2 Å². The third-order valence-electron chi connectivity index (χ3n) is 3.39. The van der Waals surface area contributed by atoms with Crippen LogP contribution in [0.4, 0.5) is 5.69 Å². The second kappa shape index (κ2) is 7.39. The molecule has 2 N–H and O–H groups in total. The second-order valence-electron chi connectivity index (χ2n) is 5.23. The molecule has 0 saturated carbocycles. The molecule has 120 valence electrons. The molecule has 1 aromatic carbocycles. The van der Waals surface area contributed by atoms with E-state index in [1.165, 1.54) is 0 Å². The van der Waals surface area contributed by atoms with Crippen LogP contribution in [-0.2, 0) is 6.42 Å². The number of benzene rings is 1. The van der Waals surface area contributed by atoms with E-state index in [4.69, 9.17) is 34.8 Å². The smallest absolute Gasteiger partial charge is 0.179 e. The number of anilines is 1. The Hall–Kier alpha value is -1.49. The van der Waals surface area contributed by atoms with Crippen molar-refractivity contribution in [3.05, 3.63) is 51.4 Å². The maximum atomic E-state index is 5.97. The van der Waals surface area contributed by atoms with Crippen molar-refractivity contribution in [1.82, 2.24) is 15.0 Å². The first-order chi connectivity index (χ1) is 11.1. The summed E-state index contributed by atoms with van der Waals surface area (Å²) in [5.74, 6) is 0.931. The van der Waals surface area contributed by atoms with Crippen LogP contribution in [0.3, 0.4) is 0 Å². The number of aryl methyl sites for hydroxylation is 1. The third kappa shape index (κ3) is 4.50. The number of fused-ring (bicyclic) bond motifs is 1.